The van der Waals surface area contributed by atoms with Gasteiger partial charge in [-0.2, -0.15) is 0 Å². The molecule has 2 aliphatic carbocycles. The molecule has 5 aliphatic heterocycles. The number of ether oxygens (including phenoxy) is 4. The van der Waals surface area contributed by atoms with Crippen LogP contribution in [0, 0.1) is 23.6 Å². The minimum Gasteiger partial charge on any atom is -0.465 e. The number of likely N-dealkylation sites (tertiary alicyclic amines) is 2. The van der Waals surface area contributed by atoms with Crippen molar-refractivity contribution in [3.63, 3.8) is 0 Å². The number of nitrogens with one attached hydrogen (secondary N) is 4. The molecule has 2 aromatic carbocycles. The van der Waals surface area contributed by atoms with Crippen LogP contribution in [0.15, 0.2) is 48.9 Å². The fraction of sp³-hybridized carbons (Fsp3) is 0.554. The number of hydrogen-bond donors (Lipinski definition) is 4. The lowest BCUT2D eigenvalue weighted by Crippen LogP contribution is -2.55. The summed E-state index contributed by atoms with van der Waals surface area (Å²) in [6.45, 7) is 8.81. The number of aromatic amines is 2. The van der Waals surface area contributed by atoms with E-state index >= 15 is 4.39 Å². The first-order valence-corrected chi connectivity index (χ1v) is 27.9. The Morgan fingerprint density at radius 1 is 0.842 bits per heavy atom. The van der Waals surface area contributed by atoms with Gasteiger partial charge in [0.05, 0.1) is 77.2 Å². The van der Waals surface area contributed by atoms with E-state index in [1.54, 1.807) is 22.4 Å². The molecule has 4 N–H and O–H groups in total. The number of benzene rings is 2. The Morgan fingerprint density at radius 3 is 2.32 bits per heavy atom. The molecule has 7 aliphatic rings. The molecule has 76 heavy (non-hydrogen) atoms. The van der Waals surface area contributed by atoms with Gasteiger partial charge in [-0.15, -0.1) is 11.3 Å². The third kappa shape index (κ3) is 9.15. The van der Waals surface area contributed by atoms with Crippen molar-refractivity contribution in [1.82, 2.24) is 45.4 Å². The summed E-state index contributed by atoms with van der Waals surface area (Å²) in [5, 5.41) is 6.72. The average molecular weight is 1060 g/mol. The maximum Gasteiger partial charge on any atom is 0.407 e. The molecule has 3 saturated heterocycles. The Bertz CT molecular complexity index is 3060. The molecule has 18 nitrogen and oxygen atoms in total. The van der Waals surface area contributed by atoms with Crippen LogP contribution in [0.5, 0.6) is 5.75 Å². The molecule has 4 amide bonds. The zero-order chi connectivity index (χ0) is 52.7. The number of imidazole rings is 2. The van der Waals surface area contributed by atoms with E-state index in [4.69, 9.17) is 33.9 Å². The second kappa shape index (κ2) is 19.8. The number of thiazole rings is 1. The van der Waals surface area contributed by atoms with Crippen LogP contribution in [-0.2, 0) is 30.2 Å². The number of anilines is 1. The minimum absolute atomic E-state index is 0.0829. The van der Waals surface area contributed by atoms with Crippen molar-refractivity contribution in [2.24, 2.45) is 17.8 Å². The standard InChI is InChI=1S/C56H67FN10O8S/c1-28(2)46(63-54(70)72-5)51(68)65-16-9-12-39(65)48-58-26-37(62-48)32-19-35(57)45-41-21-33-18-30(13-14-38(33)67(41)53(75-43(45)23-32)44-27-60-50(76-44)29-10-7-8-11-29)36-25-59-49(61-36)42-22-34-20-40(34)66(42)52(69)47(64-55(71)73-6)31-15-17-74-56(3,4)24-31/h13-14,18-19,23,25-29,31,34,39-42,46-47,53H,7-12,15-17,20-22,24H2,1-6H3,(H,58,62)(H,59,61)(H,63,70)(H,64,71)/t31?,34-,39+,40-,41?,42+,46+,47?,53?/m1/s1. The van der Waals surface area contributed by atoms with Crippen molar-refractivity contribution < 1.29 is 42.5 Å². The maximum absolute atomic E-state index is 17.2. The fourth-order valence-electron chi connectivity index (χ4n) is 13.3. The van der Waals surface area contributed by atoms with Crippen molar-refractivity contribution in [2.75, 3.05) is 32.3 Å². The van der Waals surface area contributed by atoms with E-state index in [2.05, 4.69) is 43.7 Å². The number of methoxy groups -OCH3 is 2. The topological polar surface area (TPSA) is 209 Å². The van der Waals surface area contributed by atoms with Gasteiger partial charge in [0.25, 0.3) is 0 Å². The fourth-order valence-corrected chi connectivity index (χ4v) is 14.4. The quantitative estimate of drug-likeness (QED) is 0.0921. The van der Waals surface area contributed by atoms with Gasteiger partial charge in [-0.3, -0.25) is 9.59 Å². The SMILES string of the molecule is COC(=O)NC(C(=O)N1[C@@H]2C[C@@H]2C[C@H]1c1ncc(-c2ccc3c(c2)CC2c4c(F)cc(-c5cnc([C@@H]6CCCN6C(=O)[C@@H](NC(=O)OC)C(C)C)[nH]5)cc4OC(c4cnc(C5CCCC5)s4)N32)[nH]1)C1CCOC(C)(C)C1. The highest BCUT2D eigenvalue weighted by Gasteiger charge is 2.57. The molecule has 3 aromatic heterocycles. The third-order valence-electron chi connectivity index (χ3n) is 17.2. The molecular formula is C56H67FN10O8S. The van der Waals surface area contributed by atoms with Gasteiger partial charge in [-0.1, -0.05) is 32.8 Å². The number of carbonyl (C=O) groups excluding carboxylic acids is 4. The Hall–Kier alpha value is -6.54. The third-order valence-corrected chi connectivity index (χ3v) is 18.4. The lowest BCUT2D eigenvalue weighted by atomic mass is 9.82. The van der Waals surface area contributed by atoms with Crippen LogP contribution < -0.4 is 20.3 Å². The van der Waals surface area contributed by atoms with Crippen LogP contribution in [0.1, 0.15) is 155 Å². The predicted molar refractivity (Wildman–Crippen MR) is 280 cm³/mol. The molecule has 4 unspecified atom stereocenters. The number of H-pyrrole nitrogens is 2. The largest absolute Gasteiger partial charge is 0.465 e. The van der Waals surface area contributed by atoms with Crippen LogP contribution in [0.2, 0.25) is 0 Å². The highest BCUT2D eigenvalue weighted by molar-refractivity contribution is 7.11. The Balaban J connectivity index is 0.829. The first kappa shape index (κ1) is 50.3. The minimum atomic E-state index is -0.771. The van der Waals surface area contributed by atoms with Crippen LogP contribution in [0.4, 0.5) is 19.7 Å². The second-order valence-electron chi connectivity index (χ2n) is 22.8. The Labute approximate surface area is 445 Å². The molecule has 8 heterocycles. The summed E-state index contributed by atoms with van der Waals surface area (Å²) in [4.78, 5) is 82.0. The number of fused-ring (bicyclic) bond motifs is 6. The second-order valence-corrected chi connectivity index (χ2v) is 23.9. The smallest absolute Gasteiger partial charge is 0.407 e. The zero-order valence-electron chi connectivity index (χ0n) is 43.9. The van der Waals surface area contributed by atoms with Gasteiger partial charge in [0.15, 0.2) is 0 Å². The van der Waals surface area contributed by atoms with Gasteiger partial charge in [0, 0.05) is 42.6 Å². The van der Waals surface area contributed by atoms with Crippen molar-refractivity contribution in [3.8, 4) is 28.3 Å². The molecule has 0 bridgehead atoms. The monoisotopic (exact) mass is 1060 g/mol. The summed E-state index contributed by atoms with van der Waals surface area (Å²) < 4.78 is 40.0. The highest BCUT2D eigenvalue weighted by atomic mass is 32.1. The summed E-state index contributed by atoms with van der Waals surface area (Å²) in [6.07, 6.45) is 13.1. The number of carbonyl (C=O) groups is 4. The van der Waals surface area contributed by atoms with E-state index in [0.717, 1.165) is 64.5 Å². The number of aromatic nitrogens is 5. The zero-order valence-corrected chi connectivity index (χ0v) is 44.7. The van der Waals surface area contributed by atoms with Gasteiger partial charge < -0.3 is 54.2 Å². The molecule has 5 aromatic rings. The van der Waals surface area contributed by atoms with E-state index in [0.29, 0.717) is 84.9 Å². The van der Waals surface area contributed by atoms with Gasteiger partial charge >= 0.3 is 12.2 Å². The molecule has 20 heteroatoms. The van der Waals surface area contributed by atoms with E-state index in [-0.39, 0.29) is 47.8 Å². The predicted octanol–water partition coefficient (Wildman–Crippen LogP) is 9.55. The van der Waals surface area contributed by atoms with Gasteiger partial charge in [0.1, 0.15) is 35.3 Å². The van der Waals surface area contributed by atoms with E-state index < -0.39 is 41.9 Å². The van der Waals surface area contributed by atoms with Crippen LogP contribution >= 0.6 is 11.3 Å². The van der Waals surface area contributed by atoms with Crippen molar-refractivity contribution in [3.05, 3.63) is 87.4 Å². The normalized spacial score (nSPS) is 26.1. The lowest BCUT2D eigenvalue weighted by molar-refractivity contribution is -0.140. The van der Waals surface area contributed by atoms with E-state index in [9.17, 15) is 19.2 Å². The summed E-state index contributed by atoms with van der Waals surface area (Å²) in [5.41, 5.74) is 4.91. The molecule has 5 fully saturated rings. The van der Waals surface area contributed by atoms with E-state index in [1.165, 1.54) is 33.1 Å². The van der Waals surface area contributed by atoms with Gasteiger partial charge in [0.2, 0.25) is 18.0 Å². The first-order chi connectivity index (χ1) is 36.7. The number of nitrogens with zero attached hydrogens (tertiary/aromatic N) is 6. The molecule has 12 rings (SSSR count). The number of alkyl carbamates (subject to hydrolysis) is 2. The summed E-state index contributed by atoms with van der Waals surface area (Å²) >= 11 is 1.68. The lowest BCUT2D eigenvalue weighted by Gasteiger charge is -2.40. The van der Waals surface area contributed by atoms with Gasteiger partial charge in [-0.05, 0) is 125 Å². The van der Waals surface area contributed by atoms with Crippen molar-refractivity contribution in [1.29, 1.82) is 0 Å². The summed E-state index contributed by atoms with van der Waals surface area (Å²) in [7, 11) is 2.59. The Kier molecular flexibility index (Phi) is 13.1. The molecule has 2 saturated carbocycles. The number of halogens is 1. The molecule has 402 valence electrons. The Morgan fingerprint density at radius 2 is 1.58 bits per heavy atom. The molecular weight excluding hydrogens is 992 g/mol. The molecule has 0 spiro atoms. The molecule has 0 radical (unpaired) electrons. The maximum atomic E-state index is 17.2. The molecule has 9 atom stereocenters. The number of piperidine rings is 1. The van der Waals surface area contributed by atoms with Crippen LogP contribution in [-0.4, -0.2) is 110 Å². The van der Waals surface area contributed by atoms with Crippen molar-refractivity contribution in [2.45, 2.75) is 152 Å². The van der Waals surface area contributed by atoms with Gasteiger partial charge in [-0.25, -0.2) is 28.9 Å². The summed E-state index contributed by atoms with van der Waals surface area (Å²) in [5.74, 6) is 1.50. The average Bonchev–Trinajstić information content (AvgIpc) is 4.25. The summed E-state index contributed by atoms with van der Waals surface area (Å²) in [6, 6.07) is 7.27. The first-order valence-electron chi connectivity index (χ1n) is 27.1. The van der Waals surface area contributed by atoms with Crippen LogP contribution in [0.25, 0.3) is 22.5 Å². The van der Waals surface area contributed by atoms with E-state index in [1.807, 2.05) is 51.1 Å². The van der Waals surface area contributed by atoms with Crippen LogP contribution in [0.3, 0.4) is 0 Å². The highest BCUT2D eigenvalue weighted by Crippen LogP contribution is 2.56. The number of hydrogen-bond acceptors (Lipinski definition) is 13. The van der Waals surface area contributed by atoms with Crippen molar-refractivity contribution >= 4 is 41.0 Å². The number of rotatable bonds is 12. The number of amides is 4.